The summed E-state index contributed by atoms with van der Waals surface area (Å²) in [6.45, 7) is 5.77. The van der Waals surface area contributed by atoms with Crippen molar-refractivity contribution in [3.05, 3.63) is 58.8 Å². The van der Waals surface area contributed by atoms with Gasteiger partial charge in [0.2, 0.25) is 5.88 Å². The second-order valence-corrected chi connectivity index (χ2v) is 6.70. The Morgan fingerprint density at radius 1 is 1.32 bits per heavy atom. The minimum Gasteiger partial charge on any atom is -0.437 e. The number of allylic oxidation sites excluding steroid dienone is 1. The van der Waals surface area contributed by atoms with E-state index in [1.807, 2.05) is 49.4 Å². The first-order chi connectivity index (χ1) is 12.0. The van der Waals surface area contributed by atoms with Crippen LogP contribution in [0.3, 0.4) is 0 Å². The highest BCUT2D eigenvalue weighted by molar-refractivity contribution is 6.32. The molecule has 0 unspecified atom stereocenters. The van der Waals surface area contributed by atoms with Crippen molar-refractivity contribution in [1.29, 1.82) is 0 Å². The van der Waals surface area contributed by atoms with E-state index in [9.17, 15) is 4.79 Å². The van der Waals surface area contributed by atoms with E-state index in [-0.39, 0.29) is 11.7 Å². The number of Topliss-reactive ketones (excluding diaryl/α,β-unsaturated/α-hetero) is 1. The van der Waals surface area contributed by atoms with Crippen LogP contribution in [-0.4, -0.2) is 10.8 Å². The minimum absolute atomic E-state index is 0.196. The summed E-state index contributed by atoms with van der Waals surface area (Å²) in [6, 6.07) is 9.59. The molecule has 1 atom stereocenters. The number of benzene rings is 1. The summed E-state index contributed by atoms with van der Waals surface area (Å²) < 4.78 is 5.82. The first kappa shape index (κ1) is 19.2. The number of hydrogen-bond acceptors (Lipinski definition) is 3. The lowest BCUT2D eigenvalue weighted by Crippen LogP contribution is -1.97. The minimum atomic E-state index is 0.196. The fraction of sp³-hybridized carbons (Fsp3) is 0.333. The highest BCUT2D eigenvalue weighted by Crippen LogP contribution is 2.30. The molecule has 1 heterocycles. The fourth-order valence-electron chi connectivity index (χ4n) is 2.53. The largest absolute Gasteiger partial charge is 0.437 e. The van der Waals surface area contributed by atoms with Gasteiger partial charge in [0.05, 0.1) is 5.02 Å². The lowest BCUT2D eigenvalue weighted by atomic mass is 10.0. The van der Waals surface area contributed by atoms with E-state index in [2.05, 4.69) is 11.9 Å². The Kier molecular flexibility index (Phi) is 7.20. The molecule has 3 nitrogen and oxygen atoms in total. The summed E-state index contributed by atoms with van der Waals surface area (Å²) in [5, 5.41) is 0.573. The maximum atomic E-state index is 11.1. The number of ketones is 1. The molecule has 1 aromatic heterocycles. The number of aryl methyl sites for hydroxylation is 1. The smallest absolute Gasteiger partial charge is 0.219 e. The Morgan fingerprint density at radius 2 is 2.12 bits per heavy atom. The van der Waals surface area contributed by atoms with Gasteiger partial charge in [0.25, 0.3) is 0 Å². The Hall–Kier alpha value is -2.13. The molecular formula is C21H24ClNO2. The first-order valence-corrected chi connectivity index (χ1v) is 8.95. The molecule has 0 fully saturated rings. The monoisotopic (exact) mass is 357 g/mol. The second-order valence-electron chi connectivity index (χ2n) is 6.29. The van der Waals surface area contributed by atoms with E-state index in [1.54, 1.807) is 13.1 Å². The van der Waals surface area contributed by atoms with Gasteiger partial charge in [-0.25, -0.2) is 4.98 Å². The number of hydrogen-bond donors (Lipinski definition) is 0. The van der Waals surface area contributed by atoms with Gasteiger partial charge in [-0.1, -0.05) is 50.1 Å². The molecular weight excluding hydrogens is 334 g/mol. The standard InChI is InChI=1S/C21H24ClNO2/c1-4-5-17-8-10-19(22)20(13-17)25-21-11-9-18(14-23-21)7-6-15(2)12-16(3)24/h6-11,13-15H,4-5,12H2,1-3H3/b7-6+/t15-/m0/s1. The number of nitrogens with zero attached hydrogens (tertiary/aromatic N) is 1. The molecule has 25 heavy (non-hydrogen) atoms. The first-order valence-electron chi connectivity index (χ1n) is 8.58. The van der Waals surface area contributed by atoms with Crippen LogP contribution in [0.15, 0.2) is 42.6 Å². The summed E-state index contributed by atoms with van der Waals surface area (Å²) in [4.78, 5) is 15.4. The molecule has 2 aromatic rings. The molecule has 0 aliphatic rings. The van der Waals surface area contributed by atoms with Gasteiger partial charge >= 0.3 is 0 Å². The molecule has 0 N–H and O–H groups in total. The van der Waals surface area contributed by atoms with Gasteiger partial charge in [-0.3, -0.25) is 0 Å². The van der Waals surface area contributed by atoms with E-state index in [1.165, 1.54) is 5.56 Å². The Bertz CT molecular complexity index is 738. The molecule has 0 radical (unpaired) electrons. The third kappa shape index (κ3) is 6.35. The van der Waals surface area contributed by atoms with Crippen molar-refractivity contribution in [3.63, 3.8) is 0 Å². The van der Waals surface area contributed by atoms with E-state index in [4.69, 9.17) is 16.3 Å². The van der Waals surface area contributed by atoms with Crippen LogP contribution in [0.25, 0.3) is 6.08 Å². The average Bonchev–Trinajstić information content (AvgIpc) is 2.57. The van der Waals surface area contributed by atoms with Crippen LogP contribution in [0, 0.1) is 5.92 Å². The van der Waals surface area contributed by atoms with Crippen molar-refractivity contribution in [2.24, 2.45) is 5.92 Å². The topological polar surface area (TPSA) is 39.2 Å². The number of pyridine rings is 1. The number of carbonyl (C=O) groups is 1. The van der Waals surface area contributed by atoms with Crippen molar-refractivity contribution < 1.29 is 9.53 Å². The number of aromatic nitrogens is 1. The van der Waals surface area contributed by atoms with Crippen molar-refractivity contribution >= 4 is 23.5 Å². The van der Waals surface area contributed by atoms with Crippen LogP contribution >= 0.6 is 11.6 Å². The van der Waals surface area contributed by atoms with E-state index < -0.39 is 0 Å². The summed E-state index contributed by atoms with van der Waals surface area (Å²) in [5.74, 6) is 1.54. The third-order valence-corrected chi connectivity index (χ3v) is 4.05. The molecule has 0 aliphatic carbocycles. The lowest BCUT2D eigenvalue weighted by Gasteiger charge is -2.09. The maximum absolute atomic E-state index is 11.1. The van der Waals surface area contributed by atoms with Gasteiger partial charge in [0, 0.05) is 18.7 Å². The molecule has 132 valence electrons. The van der Waals surface area contributed by atoms with Crippen molar-refractivity contribution in [1.82, 2.24) is 4.98 Å². The highest BCUT2D eigenvalue weighted by atomic mass is 35.5. The zero-order valence-corrected chi connectivity index (χ0v) is 15.7. The third-order valence-electron chi connectivity index (χ3n) is 3.73. The quantitative estimate of drug-likeness (QED) is 0.572. The maximum Gasteiger partial charge on any atom is 0.219 e. The molecule has 0 aliphatic heterocycles. The van der Waals surface area contributed by atoms with Crippen LogP contribution < -0.4 is 4.74 Å². The molecule has 0 amide bonds. The van der Waals surface area contributed by atoms with Crippen molar-refractivity contribution in [3.8, 4) is 11.6 Å². The van der Waals surface area contributed by atoms with Gasteiger partial charge in [0.1, 0.15) is 11.5 Å². The Balaban J connectivity index is 2.04. The van der Waals surface area contributed by atoms with Gasteiger partial charge in [0.15, 0.2) is 0 Å². The number of halogens is 1. The van der Waals surface area contributed by atoms with Crippen LogP contribution in [0.4, 0.5) is 0 Å². The van der Waals surface area contributed by atoms with E-state index in [0.29, 0.717) is 23.1 Å². The predicted octanol–water partition coefficient (Wildman–Crippen LogP) is 6.11. The number of carbonyl (C=O) groups excluding carboxylic acids is 1. The van der Waals surface area contributed by atoms with Gasteiger partial charge in [-0.05, 0) is 48.6 Å². The molecule has 0 saturated carbocycles. The molecule has 2 rings (SSSR count). The zero-order valence-electron chi connectivity index (χ0n) is 15.0. The Labute approximate surface area is 154 Å². The SMILES string of the molecule is CCCc1ccc(Cl)c(Oc2ccc(/C=C/[C@H](C)CC(C)=O)cn2)c1. The zero-order chi connectivity index (χ0) is 18.2. The normalized spacial score (nSPS) is 12.3. The van der Waals surface area contributed by atoms with Gasteiger partial charge < -0.3 is 9.53 Å². The Morgan fingerprint density at radius 3 is 2.76 bits per heavy atom. The lowest BCUT2D eigenvalue weighted by molar-refractivity contribution is -0.117. The molecule has 0 spiro atoms. The highest BCUT2D eigenvalue weighted by Gasteiger charge is 2.06. The molecule has 0 saturated heterocycles. The van der Waals surface area contributed by atoms with Crippen molar-refractivity contribution in [2.75, 3.05) is 0 Å². The average molecular weight is 358 g/mol. The molecule has 0 bridgehead atoms. The summed E-state index contributed by atoms with van der Waals surface area (Å²) in [5.41, 5.74) is 2.16. The molecule has 1 aromatic carbocycles. The summed E-state index contributed by atoms with van der Waals surface area (Å²) >= 11 is 6.21. The van der Waals surface area contributed by atoms with Crippen LogP contribution in [0.1, 0.15) is 44.7 Å². The number of ether oxygens (including phenoxy) is 1. The van der Waals surface area contributed by atoms with Gasteiger partial charge in [-0.2, -0.15) is 0 Å². The van der Waals surface area contributed by atoms with E-state index >= 15 is 0 Å². The predicted molar refractivity (Wildman–Crippen MR) is 103 cm³/mol. The van der Waals surface area contributed by atoms with Crippen LogP contribution in [-0.2, 0) is 11.2 Å². The van der Waals surface area contributed by atoms with Gasteiger partial charge in [-0.15, -0.1) is 0 Å². The summed E-state index contributed by atoms with van der Waals surface area (Å²) in [7, 11) is 0. The number of rotatable bonds is 8. The van der Waals surface area contributed by atoms with Crippen LogP contribution in [0.2, 0.25) is 5.02 Å². The molecule has 4 heteroatoms. The van der Waals surface area contributed by atoms with Crippen molar-refractivity contribution in [2.45, 2.75) is 40.0 Å². The summed E-state index contributed by atoms with van der Waals surface area (Å²) in [6.07, 6.45) is 8.35. The second kappa shape index (κ2) is 9.38. The fourth-order valence-corrected chi connectivity index (χ4v) is 2.69. The van der Waals surface area contributed by atoms with E-state index in [0.717, 1.165) is 18.4 Å². The van der Waals surface area contributed by atoms with Crippen LogP contribution in [0.5, 0.6) is 11.6 Å².